The van der Waals surface area contributed by atoms with Gasteiger partial charge in [-0.2, -0.15) is 0 Å². The van der Waals surface area contributed by atoms with Crippen LogP contribution in [0.4, 0.5) is 0 Å². The van der Waals surface area contributed by atoms with E-state index in [1.165, 1.54) is 10.8 Å². The third kappa shape index (κ3) is 4.20. The van der Waals surface area contributed by atoms with Crippen LogP contribution >= 0.6 is 0 Å². The summed E-state index contributed by atoms with van der Waals surface area (Å²) >= 11 is 0. The van der Waals surface area contributed by atoms with E-state index in [0.717, 1.165) is 77.3 Å². The van der Waals surface area contributed by atoms with Gasteiger partial charge >= 0.3 is 0 Å². The van der Waals surface area contributed by atoms with Crippen molar-refractivity contribution in [2.24, 2.45) is 0 Å². The summed E-state index contributed by atoms with van der Waals surface area (Å²) < 4.78 is 15.3. The quantitative estimate of drug-likeness (QED) is 0.189. The summed E-state index contributed by atoms with van der Waals surface area (Å²) in [7, 11) is 0. The van der Waals surface area contributed by atoms with E-state index in [9.17, 15) is 0 Å². The zero-order valence-electron chi connectivity index (χ0n) is 27.1. The molecule has 0 fully saturated rings. The van der Waals surface area contributed by atoms with Gasteiger partial charge in [-0.25, -0.2) is 15.0 Å². The molecule has 238 valence electrons. The molecule has 51 heavy (non-hydrogen) atoms. The molecule has 0 atom stereocenters. The molecule has 11 aromatic rings. The van der Waals surface area contributed by atoms with Crippen molar-refractivity contribution in [1.29, 1.82) is 0 Å². The van der Waals surface area contributed by atoms with Gasteiger partial charge in [0.05, 0.1) is 16.6 Å². The molecule has 0 N–H and O–H groups in total. The molecule has 0 aliphatic rings. The van der Waals surface area contributed by atoms with Crippen molar-refractivity contribution in [2.45, 2.75) is 0 Å². The maximum absolute atomic E-state index is 6.49. The highest BCUT2D eigenvalue weighted by Gasteiger charge is 2.21. The topological polar surface area (TPSA) is 69.9 Å². The maximum Gasteiger partial charge on any atom is 0.167 e. The van der Waals surface area contributed by atoms with Gasteiger partial charge in [0.25, 0.3) is 0 Å². The van der Waals surface area contributed by atoms with E-state index in [1.54, 1.807) is 0 Å². The second kappa shape index (κ2) is 10.7. The second-order valence-electron chi connectivity index (χ2n) is 12.8. The number of hydrogen-bond acceptors (Lipinski definition) is 5. The molecule has 7 aromatic carbocycles. The fourth-order valence-electron chi connectivity index (χ4n) is 7.60. The van der Waals surface area contributed by atoms with Gasteiger partial charge in [0, 0.05) is 49.1 Å². The Labute approximate surface area is 290 Å². The van der Waals surface area contributed by atoms with E-state index < -0.39 is 0 Å². The van der Waals surface area contributed by atoms with Crippen molar-refractivity contribution in [2.75, 3.05) is 0 Å². The number of benzene rings is 7. The molecule has 6 heteroatoms. The van der Waals surface area contributed by atoms with E-state index in [4.69, 9.17) is 23.8 Å². The minimum Gasteiger partial charge on any atom is -0.456 e. The van der Waals surface area contributed by atoms with E-state index in [-0.39, 0.29) is 0 Å². The van der Waals surface area contributed by atoms with Crippen molar-refractivity contribution in [3.05, 3.63) is 158 Å². The number of furan rings is 2. The van der Waals surface area contributed by atoms with Crippen molar-refractivity contribution in [3.8, 4) is 39.9 Å². The molecule has 11 rings (SSSR count). The van der Waals surface area contributed by atoms with Gasteiger partial charge in [-0.05, 0) is 48.5 Å². The molecule has 6 nitrogen and oxygen atoms in total. The molecule has 0 radical (unpaired) electrons. The summed E-state index contributed by atoms with van der Waals surface area (Å²) in [5, 5.41) is 6.45. The zero-order chi connectivity index (χ0) is 33.5. The van der Waals surface area contributed by atoms with Crippen LogP contribution in [0.5, 0.6) is 0 Å². The monoisotopic (exact) mass is 654 g/mol. The molecule has 0 aliphatic carbocycles. The summed E-state index contributed by atoms with van der Waals surface area (Å²) in [5.74, 6) is 1.68. The molecular weight excluding hydrogens is 629 g/mol. The Morgan fingerprint density at radius 3 is 1.78 bits per heavy atom. The smallest absolute Gasteiger partial charge is 0.167 e. The summed E-state index contributed by atoms with van der Waals surface area (Å²) in [6, 6.07) is 53.9. The van der Waals surface area contributed by atoms with Crippen LogP contribution in [0.15, 0.2) is 167 Å². The van der Waals surface area contributed by atoms with Crippen LogP contribution in [-0.4, -0.2) is 19.5 Å². The van der Waals surface area contributed by atoms with Crippen molar-refractivity contribution in [3.63, 3.8) is 0 Å². The second-order valence-corrected chi connectivity index (χ2v) is 12.8. The summed E-state index contributed by atoms with van der Waals surface area (Å²) in [6.45, 7) is 0. The first kappa shape index (κ1) is 27.9. The molecule has 0 aliphatic heterocycles. The average Bonchev–Trinajstić information content (AvgIpc) is 3.87. The zero-order valence-corrected chi connectivity index (χ0v) is 27.1. The maximum atomic E-state index is 6.49. The van der Waals surface area contributed by atoms with Gasteiger partial charge in [-0.15, -0.1) is 0 Å². The molecule has 0 unspecified atom stereocenters. The highest BCUT2D eigenvalue weighted by molar-refractivity contribution is 6.14. The van der Waals surface area contributed by atoms with Crippen LogP contribution in [0.25, 0.3) is 106 Å². The molecule has 0 saturated carbocycles. The summed E-state index contributed by atoms with van der Waals surface area (Å²) in [6.07, 6.45) is 0. The van der Waals surface area contributed by atoms with Crippen LogP contribution in [0.2, 0.25) is 0 Å². The van der Waals surface area contributed by atoms with Gasteiger partial charge in [0.15, 0.2) is 17.5 Å². The van der Waals surface area contributed by atoms with Crippen LogP contribution in [0, 0.1) is 0 Å². The Kier molecular flexibility index (Phi) is 5.86. The van der Waals surface area contributed by atoms with Gasteiger partial charge < -0.3 is 13.4 Å². The third-order valence-corrected chi connectivity index (χ3v) is 9.87. The standard InChI is InChI=1S/C45H26N4O2/c1-2-12-27(13-3-1)43-46-44(48-45(47-43)34-19-10-17-32-31-16-6-9-22-38(31)51-42(32)34)33-18-11-23-40-41(33)35-26-28(24-25-39(35)50-40)49-36-20-7-4-14-29(36)30-15-5-8-21-37(30)49/h1-26H. The summed E-state index contributed by atoms with van der Waals surface area (Å²) in [5.41, 5.74) is 9.07. The number of para-hydroxylation sites is 4. The van der Waals surface area contributed by atoms with Gasteiger partial charge in [0.1, 0.15) is 22.3 Å². The van der Waals surface area contributed by atoms with Crippen LogP contribution in [0.3, 0.4) is 0 Å². The fraction of sp³-hybridized carbons (Fsp3) is 0. The van der Waals surface area contributed by atoms with Gasteiger partial charge in [-0.1, -0.05) is 109 Å². The highest BCUT2D eigenvalue weighted by atomic mass is 16.3. The third-order valence-electron chi connectivity index (χ3n) is 9.87. The van der Waals surface area contributed by atoms with E-state index in [1.807, 2.05) is 72.8 Å². The molecule has 0 spiro atoms. The van der Waals surface area contributed by atoms with Crippen LogP contribution in [-0.2, 0) is 0 Å². The predicted molar refractivity (Wildman–Crippen MR) is 205 cm³/mol. The molecule has 0 bridgehead atoms. The first-order chi connectivity index (χ1) is 25.3. The molecule has 0 saturated heterocycles. The van der Waals surface area contributed by atoms with Gasteiger partial charge in [0.2, 0.25) is 0 Å². The lowest BCUT2D eigenvalue weighted by Gasteiger charge is -2.10. The Morgan fingerprint density at radius 2 is 0.980 bits per heavy atom. The van der Waals surface area contributed by atoms with Crippen LogP contribution in [0.1, 0.15) is 0 Å². The Morgan fingerprint density at radius 1 is 0.392 bits per heavy atom. The number of fused-ring (bicyclic) bond motifs is 9. The number of aromatic nitrogens is 4. The lowest BCUT2D eigenvalue weighted by atomic mass is 10.0. The Hall–Kier alpha value is -7.05. The SMILES string of the molecule is c1ccc(-c2nc(-c3cccc4c3oc3ccccc34)nc(-c3cccc4oc5ccc(-n6c7ccccc7c7ccccc76)cc5c34)n2)cc1. The molecule has 4 aromatic heterocycles. The molecule has 0 amide bonds. The first-order valence-corrected chi connectivity index (χ1v) is 16.9. The minimum atomic E-state index is 0.541. The lowest BCUT2D eigenvalue weighted by Crippen LogP contribution is -2.00. The minimum absolute atomic E-state index is 0.541. The Balaban J connectivity index is 1.17. The number of rotatable bonds is 4. The van der Waals surface area contributed by atoms with Crippen LogP contribution < -0.4 is 0 Å². The number of nitrogens with zero attached hydrogens (tertiary/aromatic N) is 4. The Bertz CT molecular complexity index is 3100. The number of hydrogen-bond donors (Lipinski definition) is 0. The van der Waals surface area contributed by atoms with E-state index in [2.05, 4.69) is 89.5 Å². The predicted octanol–water partition coefficient (Wildman–Crippen LogP) is 11.8. The average molecular weight is 655 g/mol. The molecule has 4 heterocycles. The summed E-state index contributed by atoms with van der Waals surface area (Å²) in [4.78, 5) is 15.3. The first-order valence-electron chi connectivity index (χ1n) is 16.9. The molecular formula is C45H26N4O2. The fourth-order valence-corrected chi connectivity index (χ4v) is 7.60. The van der Waals surface area contributed by atoms with Crippen molar-refractivity contribution < 1.29 is 8.83 Å². The normalized spacial score (nSPS) is 11.9. The van der Waals surface area contributed by atoms with Crippen molar-refractivity contribution >= 4 is 65.7 Å². The van der Waals surface area contributed by atoms with E-state index >= 15 is 0 Å². The van der Waals surface area contributed by atoms with Crippen molar-refractivity contribution in [1.82, 2.24) is 19.5 Å². The highest BCUT2D eigenvalue weighted by Crippen LogP contribution is 2.40. The van der Waals surface area contributed by atoms with E-state index in [0.29, 0.717) is 17.5 Å². The largest absolute Gasteiger partial charge is 0.456 e. The lowest BCUT2D eigenvalue weighted by molar-refractivity contribution is 0.668. The van der Waals surface area contributed by atoms with Gasteiger partial charge in [-0.3, -0.25) is 0 Å².